The van der Waals surface area contributed by atoms with Crippen molar-refractivity contribution in [2.75, 3.05) is 11.9 Å². The molecule has 124 valence electrons. The number of esters is 1. The van der Waals surface area contributed by atoms with Gasteiger partial charge in [-0.2, -0.15) is 0 Å². The maximum Gasteiger partial charge on any atom is 0.355 e. The van der Waals surface area contributed by atoms with Crippen molar-refractivity contribution < 1.29 is 24.0 Å². The number of aromatic amines is 1. The Morgan fingerprint density at radius 1 is 1.29 bits per heavy atom. The molecule has 0 fully saturated rings. The second kappa shape index (κ2) is 7.18. The Morgan fingerprint density at radius 3 is 2.62 bits per heavy atom. The van der Waals surface area contributed by atoms with E-state index in [1.54, 1.807) is 0 Å². The lowest BCUT2D eigenvalue weighted by Crippen LogP contribution is -2.21. The van der Waals surface area contributed by atoms with Crippen LogP contribution in [0.1, 0.15) is 27.8 Å². The van der Waals surface area contributed by atoms with Gasteiger partial charge in [-0.05, 0) is 19.1 Å². The van der Waals surface area contributed by atoms with Gasteiger partial charge in [0.25, 0.3) is 11.6 Å². The van der Waals surface area contributed by atoms with Crippen LogP contribution in [-0.2, 0) is 9.53 Å². The quantitative estimate of drug-likeness (QED) is 0.360. The molecule has 0 radical (unpaired) electrons. The van der Waals surface area contributed by atoms with E-state index in [2.05, 4.69) is 10.3 Å². The van der Waals surface area contributed by atoms with Crippen LogP contribution in [0.3, 0.4) is 0 Å². The van der Waals surface area contributed by atoms with Gasteiger partial charge in [0.1, 0.15) is 11.4 Å². The van der Waals surface area contributed by atoms with Gasteiger partial charge in [0.05, 0.1) is 4.92 Å². The Balaban J connectivity index is 1.94. The number of nitro groups is 1. The highest BCUT2D eigenvalue weighted by Crippen LogP contribution is 2.22. The summed E-state index contributed by atoms with van der Waals surface area (Å²) < 4.78 is 4.79. The van der Waals surface area contributed by atoms with Crippen LogP contribution in [0.5, 0.6) is 0 Å². The van der Waals surface area contributed by atoms with Crippen molar-refractivity contribution in [2.24, 2.45) is 0 Å². The molecule has 0 spiro atoms. The van der Waals surface area contributed by atoms with E-state index >= 15 is 0 Å². The lowest BCUT2D eigenvalue weighted by atomic mass is 10.2. The normalized spacial score (nSPS) is 10.0. The lowest BCUT2D eigenvalue weighted by Gasteiger charge is -2.06. The number of carbonyl (C=O) groups is 3. The molecule has 1 amide bonds. The van der Waals surface area contributed by atoms with Crippen molar-refractivity contribution in [2.45, 2.75) is 6.92 Å². The number of hydrogen-bond acceptors (Lipinski definition) is 6. The number of amides is 1. The van der Waals surface area contributed by atoms with Crippen molar-refractivity contribution in [3.8, 4) is 0 Å². The van der Waals surface area contributed by atoms with Gasteiger partial charge in [0.2, 0.25) is 0 Å². The lowest BCUT2D eigenvalue weighted by molar-refractivity contribution is -0.383. The third kappa shape index (κ3) is 4.03. The predicted octanol–water partition coefficient (Wildman–Crippen LogP) is 1.92. The number of ether oxygens (including phenoxy) is 1. The number of benzene rings is 1. The van der Waals surface area contributed by atoms with Crippen molar-refractivity contribution in [1.29, 1.82) is 0 Å². The highest BCUT2D eigenvalue weighted by Gasteiger charge is 2.17. The van der Waals surface area contributed by atoms with Gasteiger partial charge < -0.3 is 15.0 Å². The number of carbonyl (C=O) groups excluding carboxylic acids is 3. The van der Waals surface area contributed by atoms with Crippen LogP contribution in [0.15, 0.2) is 36.5 Å². The summed E-state index contributed by atoms with van der Waals surface area (Å²) in [5, 5.41) is 13.1. The van der Waals surface area contributed by atoms with Crippen LogP contribution < -0.4 is 5.32 Å². The number of nitrogens with zero attached hydrogens (tertiary/aromatic N) is 1. The zero-order valence-electron chi connectivity index (χ0n) is 12.6. The Labute approximate surface area is 135 Å². The zero-order valence-corrected chi connectivity index (χ0v) is 12.6. The first kappa shape index (κ1) is 16.9. The Bertz CT molecular complexity index is 811. The number of nitro benzene ring substituents is 1. The molecule has 1 aromatic heterocycles. The summed E-state index contributed by atoms with van der Waals surface area (Å²) in [4.78, 5) is 47.4. The van der Waals surface area contributed by atoms with Gasteiger partial charge >= 0.3 is 5.97 Å². The van der Waals surface area contributed by atoms with Crippen LogP contribution in [0.4, 0.5) is 11.4 Å². The molecule has 9 heteroatoms. The minimum absolute atomic E-state index is 0.00212. The first-order valence-corrected chi connectivity index (χ1v) is 6.78. The van der Waals surface area contributed by atoms with Crippen LogP contribution in [0, 0.1) is 10.1 Å². The van der Waals surface area contributed by atoms with Crippen LogP contribution in [0.2, 0.25) is 0 Å². The maximum atomic E-state index is 11.8. The molecule has 0 aliphatic heterocycles. The van der Waals surface area contributed by atoms with Crippen molar-refractivity contribution >= 4 is 29.0 Å². The molecule has 24 heavy (non-hydrogen) atoms. The molecule has 0 aliphatic rings. The molecular formula is C15H13N3O6. The first-order valence-electron chi connectivity index (χ1n) is 6.78. The first-order chi connectivity index (χ1) is 11.4. The number of aromatic nitrogens is 1. The molecule has 2 aromatic rings. The number of para-hydroxylation sites is 2. The highest BCUT2D eigenvalue weighted by atomic mass is 16.6. The monoisotopic (exact) mass is 331 g/mol. The molecular weight excluding hydrogens is 318 g/mol. The summed E-state index contributed by atoms with van der Waals surface area (Å²) in [7, 11) is 0. The highest BCUT2D eigenvalue weighted by molar-refractivity contribution is 5.99. The third-order valence-electron chi connectivity index (χ3n) is 3.02. The molecule has 1 heterocycles. The minimum atomic E-state index is -0.819. The number of Topliss-reactive ketones (excluding diaryl/α,β-unsaturated/α-hetero) is 1. The Morgan fingerprint density at radius 2 is 2.00 bits per heavy atom. The SMILES string of the molecule is CC(=O)c1c[nH]c(C(=O)OCC(=O)Nc2ccccc2[N+](=O)[O-])c1. The number of H-pyrrole nitrogens is 1. The van der Waals surface area contributed by atoms with E-state index in [-0.39, 0.29) is 22.9 Å². The topological polar surface area (TPSA) is 131 Å². The number of rotatable bonds is 6. The molecule has 1 aromatic carbocycles. The molecule has 0 unspecified atom stereocenters. The smallest absolute Gasteiger partial charge is 0.355 e. The van der Waals surface area contributed by atoms with Gasteiger partial charge in [-0.3, -0.25) is 19.7 Å². The van der Waals surface area contributed by atoms with E-state index in [0.717, 1.165) is 0 Å². The van der Waals surface area contributed by atoms with Gasteiger partial charge in [-0.25, -0.2) is 4.79 Å². The summed E-state index contributed by atoms with van der Waals surface area (Å²) in [5.74, 6) is -1.77. The fraction of sp³-hybridized carbons (Fsp3) is 0.133. The average Bonchev–Trinajstić information content (AvgIpc) is 3.03. The van der Waals surface area contributed by atoms with E-state index in [0.29, 0.717) is 5.56 Å². The fourth-order valence-corrected chi connectivity index (χ4v) is 1.85. The van der Waals surface area contributed by atoms with E-state index < -0.39 is 23.4 Å². The zero-order chi connectivity index (χ0) is 17.7. The Kier molecular flexibility index (Phi) is 5.05. The number of hydrogen-bond donors (Lipinski definition) is 2. The largest absolute Gasteiger partial charge is 0.451 e. The summed E-state index contributed by atoms with van der Waals surface area (Å²) in [5.41, 5.74) is 0.0694. The van der Waals surface area contributed by atoms with E-state index in [1.165, 1.54) is 43.5 Å². The molecule has 0 saturated heterocycles. The molecule has 0 bridgehead atoms. The Hall–Kier alpha value is -3.49. The average molecular weight is 331 g/mol. The molecule has 2 rings (SSSR count). The van der Waals surface area contributed by atoms with Crippen LogP contribution in [-0.4, -0.2) is 34.2 Å². The molecule has 0 aliphatic carbocycles. The number of nitrogens with one attached hydrogen (secondary N) is 2. The van der Waals surface area contributed by atoms with Crippen molar-refractivity contribution in [3.05, 3.63) is 57.9 Å². The maximum absolute atomic E-state index is 11.8. The summed E-state index contributed by atoms with van der Waals surface area (Å²) in [6.45, 7) is 0.720. The van der Waals surface area contributed by atoms with Crippen molar-refractivity contribution in [1.82, 2.24) is 4.98 Å². The van der Waals surface area contributed by atoms with Gasteiger partial charge in [-0.15, -0.1) is 0 Å². The third-order valence-corrected chi connectivity index (χ3v) is 3.02. The van der Waals surface area contributed by atoms with Gasteiger partial charge in [-0.1, -0.05) is 12.1 Å². The standard InChI is InChI=1S/C15H13N3O6/c1-9(19)10-6-12(16-7-10)15(21)24-8-14(20)17-11-4-2-3-5-13(11)18(22)23/h2-7,16H,8H2,1H3,(H,17,20). The summed E-state index contributed by atoms with van der Waals surface area (Å²) in [6.07, 6.45) is 1.35. The fourth-order valence-electron chi connectivity index (χ4n) is 1.85. The molecule has 0 atom stereocenters. The molecule has 0 saturated carbocycles. The summed E-state index contributed by atoms with van der Waals surface area (Å²) >= 11 is 0. The van der Waals surface area contributed by atoms with Gasteiger partial charge in [0, 0.05) is 17.8 Å². The summed E-state index contributed by atoms with van der Waals surface area (Å²) in [6, 6.07) is 6.90. The second-order valence-electron chi connectivity index (χ2n) is 4.76. The van der Waals surface area contributed by atoms with E-state index in [4.69, 9.17) is 4.74 Å². The van der Waals surface area contributed by atoms with E-state index in [9.17, 15) is 24.5 Å². The predicted molar refractivity (Wildman–Crippen MR) is 82.8 cm³/mol. The van der Waals surface area contributed by atoms with Crippen LogP contribution >= 0.6 is 0 Å². The molecule has 2 N–H and O–H groups in total. The number of anilines is 1. The van der Waals surface area contributed by atoms with Crippen molar-refractivity contribution in [3.63, 3.8) is 0 Å². The van der Waals surface area contributed by atoms with Crippen LogP contribution in [0.25, 0.3) is 0 Å². The second-order valence-corrected chi connectivity index (χ2v) is 4.76. The van der Waals surface area contributed by atoms with Gasteiger partial charge in [0.15, 0.2) is 12.4 Å². The molecule has 9 nitrogen and oxygen atoms in total. The van der Waals surface area contributed by atoms with E-state index in [1.807, 2.05) is 0 Å². The minimum Gasteiger partial charge on any atom is -0.451 e. The number of ketones is 1.